The number of benzene rings is 2. The summed E-state index contributed by atoms with van der Waals surface area (Å²) in [5.41, 5.74) is 3.11. The molecule has 0 spiro atoms. The second-order valence-corrected chi connectivity index (χ2v) is 9.30. The standard InChI is InChI=1S/C23H24F3N3O2S/c1-14-7-16(11-21(30)31)10-17(8-14)13-28-3-5-29(6-4-28)22-27-19-9-15(2)18(23(24,25)26)12-20(19)32-22/h7-10,12H,3-6,11,13H2,1-2H3,(H,30,31). The number of aromatic nitrogens is 1. The number of alkyl halides is 3. The van der Waals surface area contributed by atoms with E-state index in [1.807, 2.05) is 19.1 Å². The van der Waals surface area contributed by atoms with Crippen molar-refractivity contribution >= 4 is 32.7 Å². The Balaban J connectivity index is 1.43. The fourth-order valence-corrected chi connectivity index (χ4v) is 5.22. The lowest BCUT2D eigenvalue weighted by molar-refractivity contribution is -0.138. The maximum absolute atomic E-state index is 13.2. The highest BCUT2D eigenvalue weighted by Gasteiger charge is 2.33. The Hall–Kier alpha value is -2.65. The van der Waals surface area contributed by atoms with E-state index in [0.29, 0.717) is 10.2 Å². The number of carboxylic acids is 1. The highest BCUT2D eigenvalue weighted by atomic mass is 32.1. The van der Waals surface area contributed by atoms with Crippen LogP contribution in [0.4, 0.5) is 18.3 Å². The van der Waals surface area contributed by atoms with Gasteiger partial charge in [-0.3, -0.25) is 9.69 Å². The van der Waals surface area contributed by atoms with E-state index >= 15 is 0 Å². The number of nitrogens with zero attached hydrogens (tertiary/aromatic N) is 3. The molecule has 3 aromatic rings. The smallest absolute Gasteiger partial charge is 0.416 e. The zero-order valence-electron chi connectivity index (χ0n) is 17.9. The van der Waals surface area contributed by atoms with Crippen LogP contribution in [0.5, 0.6) is 0 Å². The lowest BCUT2D eigenvalue weighted by atomic mass is 10.0. The van der Waals surface area contributed by atoms with E-state index in [9.17, 15) is 18.0 Å². The van der Waals surface area contributed by atoms with Crippen molar-refractivity contribution in [2.24, 2.45) is 0 Å². The van der Waals surface area contributed by atoms with Crippen LogP contribution < -0.4 is 4.90 Å². The molecule has 0 atom stereocenters. The first-order valence-corrected chi connectivity index (χ1v) is 11.2. The third-order valence-corrected chi connectivity index (χ3v) is 6.71. The lowest BCUT2D eigenvalue weighted by Crippen LogP contribution is -2.45. The molecule has 170 valence electrons. The van der Waals surface area contributed by atoms with Gasteiger partial charge in [-0.05, 0) is 42.7 Å². The fourth-order valence-electron chi connectivity index (χ4n) is 4.18. The van der Waals surface area contributed by atoms with Crippen LogP contribution in [0.2, 0.25) is 0 Å². The van der Waals surface area contributed by atoms with E-state index in [0.717, 1.165) is 54.5 Å². The zero-order valence-corrected chi connectivity index (χ0v) is 18.7. The van der Waals surface area contributed by atoms with Gasteiger partial charge in [-0.2, -0.15) is 13.2 Å². The van der Waals surface area contributed by atoms with Crippen molar-refractivity contribution < 1.29 is 23.1 Å². The summed E-state index contributed by atoms with van der Waals surface area (Å²) in [4.78, 5) is 20.0. The number of aliphatic carboxylic acids is 1. The van der Waals surface area contributed by atoms with Crippen molar-refractivity contribution in [3.8, 4) is 0 Å². The van der Waals surface area contributed by atoms with Crippen LogP contribution in [0.25, 0.3) is 10.2 Å². The molecule has 0 amide bonds. The lowest BCUT2D eigenvalue weighted by Gasteiger charge is -2.34. The van der Waals surface area contributed by atoms with Gasteiger partial charge >= 0.3 is 12.1 Å². The quantitative estimate of drug-likeness (QED) is 0.585. The first-order chi connectivity index (χ1) is 15.1. The highest BCUT2D eigenvalue weighted by Crippen LogP contribution is 2.37. The van der Waals surface area contributed by atoms with Gasteiger partial charge in [0.25, 0.3) is 0 Å². The van der Waals surface area contributed by atoms with Gasteiger partial charge in [0.2, 0.25) is 0 Å². The minimum atomic E-state index is -4.37. The Morgan fingerprint density at radius 3 is 2.41 bits per heavy atom. The number of carbonyl (C=O) groups is 1. The summed E-state index contributed by atoms with van der Waals surface area (Å²) in [5, 5.41) is 9.80. The molecule has 1 N–H and O–H groups in total. The van der Waals surface area contributed by atoms with Crippen LogP contribution in [-0.4, -0.2) is 47.1 Å². The van der Waals surface area contributed by atoms with Crippen LogP contribution in [0.1, 0.15) is 27.8 Å². The van der Waals surface area contributed by atoms with Gasteiger partial charge in [-0.1, -0.05) is 35.1 Å². The predicted octanol–water partition coefficient (Wildman–Crippen LogP) is 4.88. The number of carboxylic acid groups (broad SMARTS) is 1. The van der Waals surface area contributed by atoms with E-state index in [2.05, 4.69) is 20.9 Å². The Morgan fingerprint density at radius 2 is 1.75 bits per heavy atom. The number of rotatable bonds is 5. The number of piperazine rings is 1. The van der Waals surface area contributed by atoms with Gasteiger partial charge in [-0.25, -0.2) is 4.98 Å². The molecule has 1 fully saturated rings. The van der Waals surface area contributed by atoms with Gasteiger partial charge in [0.1, 0.15) is 0 Å². The number of fused-ring (bicyclic) bond motifs is 1. The molecular formula is C23H24F3N3O2S. The normalized spacial score (nSPS) is 15.5. The molecular weight excluding hydrogens is 439 g/mol. The van der Waals surface area contributed by atoms with Crippen LogP contribution in [0.3, 0.4) is 0 Å². The number of hydrogen-bond donors (Lipinski definition) is 1. The summed E-state index contributed by atoms with van der Waals surface area (Å²) in [6.07, 6.45) is -4.36. The summed E-state index contributed by atoms with van der Waals surface area (Å²) in [5.74, 6) is -0.844. The zero-order chi connectivity index (χ0) is 23.0. The Labute approximate surface area is 188 Å². The van der Waals surface area contributed by atoms with Gasteiger partial charge in [0.05, 0.1) is 22.2 Å². The number of halogens is 3. The Kier molecular flexibility index (Phi) is 6.13. The SMILES string of the molecule is Cc1cc(CC(=O)O)cc(CN2CCN(c3nc4cc(C)c(C(F)(F)F)cc4s3)CC2)c1. The van der Waals surface area contributed by atoms with Gasteiger partial charge < -0.3 is 10.0 Å². The number of hydrogen-bond acceptors (Lipinski definition) is 5. The second-order valence-electron chi connectivity index (χ2n) is 8.29. The molecule has 2 heterocycles. The molecule has 4 rings (SSSR count). The molecule has 2 aromatic carbocycles. The van der Waals surface area contributed by atoms with Crippen molar-refractivity contribution in [3.05, 3.63) is 58.1 Å². The molecule has 0 saturated carbocycles. The molecule has 1 aromatic heterocycles. The monoisotopic (exact) mass is 463 g/mol. The van der Waals surface area contributed by atoms with E-state index in [4.69, 9.17) is 5.11 Å². The highest BCUT2D eigenvalue weighted by molar-refractivity contribution is 7.22. The van der Waals surface area contributed by atoms with E-state index in [-0.39, 0.29) is 12.0 Å². The molecule has 32 heavy (non-hydrogen) atoms. The molecule has 1 aliphatic rings. The Bertz CT molecular complexity index is 1150. The third-order valence-electron chi connectivity index (χ3n) is 5.63. The second kappa shape index (κ2) is 8.71. The largest absolute Gasteiger partial charge is 0.481 e. The van der Waals surface area contributed by atoms with Crippen LogP contribution in [-0.2, 0) is 23.9 Å². The van der Waals surface area contributed by atoms with Gasteiger partial charge in [0.15, 0.2) is 5.13 Å². The number of aryl methyl sites for hydroxylation is 2. The van der Waals surface area contributed by atoms with Crippen molar-refractivity contribution in [1.82, 2.24) is 9.88 Å². The minimum absolute atomic E-state index is 0.00952. The van der Waals surface area contributed by atoms with Crippen LogP contribution in [0.15, 0.2) is 30.3 Å². The molecule has 0 aliphatic carbocycles. The first-order valence-electron chi connectivity index (χ1n) is 10.4. The number of anilines is 1. The maximum Gasteiger partial charge on any atom is 0.416 e. The van der Waals surface area contributed by atoms with E-state index in [1.54, 1.807) is 0 Å². The average Bonchev–Trinajstić information content (AvgIpc) is 3.09. The molecule has 1 saturated heterocycles. The third kappa shape index (κ3) is 5.05. The molecule has 0 radical (unpaired) electrons. The summed E-state index contributed by atoms with van der Waals surface area (Å²) < 4.78 is 40.2. The average molecular weight is 464 g/mol. The van der Waals surface area contributed by atoms with E-state index in [1.165, 1.54) is 30.4 Å². The summed E-state index contributed by atoms with van der Waals surface area (Å²) >= 11 is 1.30. The predicted molar refractivity (Wildman–Crippen MR) is 119 cm³/mol. The molecule has 9 heteroatoms. The first kappa shape index (κ1) is 22.5. The summed E-state index contributed by atoms with van der Waals surface area (Å²) in [6.45, 7) is 7.22. The summed E-state index contributed by atoms with van der Waals surface area (Å²) in [7, 11) is 0. The Morgan fingerprint density at radius 1 is 1.06 bits per heavy atom. The fraction of sp³-hybridized carbons (Fsp3) is 0.391. The van der Waals surface area contributed by atoms with Gasteiger partial charge in [-0.15, -0.1) is 0 Å². The molecule has 1 aliphatic heterocycles. The van der Waals surface area contributed by atoms with Gasteiger partial charge in [0, 0.05) is 32.7 Å². The van der Waals surface area contributed by atoms with Crippen LogP contribution >= 0.6 is 11.3 Å². The maximum atomic E-state index is 13.2. The van der Waals surface area contributed by atoms with Crippen molar-refractivity contribution in [2.45, 2.75) is 33.0 Å². The van der Waals surface area contributed by atoms with Crippen LogP contribution in [0, 0.1) is 13.8 Å². The van der Waals surface area contributed by atoms with Crippen molar-refractivity contribution in [3.63, 3.8) is 0 Å². The van der Waals surface area contributed by atoms with E-state index < -0.39 is 17.7 Å². The molecule has 5 nitrogen and oxygen atoms in total. The number of thiazole rings is 1. The molecule has 0 bridgehead atoms. The molecule has 0 unspecified atom stereocenters. The minimum Gasteiger partial charge on any atom is -0.481 e. The van der Waals surface area contributed by atoms with Crippen molar-refractivity contribution in [2.75, 3.05) is 31.1 Å². The topological polar surface area (TPSA) is 56.7 Å². The van der Waals surface area contributed by atoms with Crippen molar-refractivity contribution in [1.29, 1.82) is 0 Å². The summed E-state index contributed by atoms with van der Waals surface area (Å²) in [6, 6.07) is 8.64.